The van der Waals surface area contributed by atoms with Crippen LogP contribution in [0, 0.1) is 0 Å². The Labute approximate surface area is 192 Å². The number of rotatable bonds is 9. The molecule has 0 aliphatic heterocycles. The zero-order valence-electron chi connectivity index (χ0n) is 18.9. The fraction of sp³-hybridized carbons (Fsp3) is 0.231. The Morgan fingerprint density at radius 3 is 2.52 bits per heavy atom. The molecule has 7 heteroatoms. The van der Waals surface area contributed by atoms with E-state index in [1.165, 1.54) is 0 Å². The van der Waals surface area contributed by atoms with Crippen LogP contribution < -0.4 is 19.5 Å². The molecule has 3 aromatic carbocycles. The van der Waals surface area contributed by atoms with Crippen LogP contribution in [0.5, 0.6) is 17.2 Å². The Bertz CT molecular complexity index is 1250. The van der Waals surface area contributed by atoms with Gasteiger partial charge in [0.05, 0.1) is 37.8 Å². The maximum Gasteiger partial charge on any atom is 0.251 e. The van der Waals surface area contributed by atoms with Crippen LogP contribution >= 0.6 is 0 Å². The summed E-state index contributed by atoms with van der Waals surface area (Å²) in [6.45, 7) is 2.91. The van der Waals surface area contributed by atoms with E-state index in [1.807, 2.05) is 55.5 Å². The number of fused-ring (bicyclic) bond motifs is 1. The van der Waals surface area contributed by atoms with Gasteiger partial charge in [-0.1, -0.05) is 30.3 Å². The van der Waals surface area contributed by atoms with Gasteiger partial charge in [0.2, 0.25) is 0 Å². The van der Waals surface area contributed by atoms with E-state index in [1.54, 1.807) is 38.5 Å². The number of nitrogens with zero attached hydrogens (tertiary/aromatic N) is 2. The predicted molar refractivity (Wildman–Crippen MR) is 127 cm³/mol. The molecule has 1 unspecified atom stereocenters. The Morgan fingerprint density at radius 1 is 0.970 bits per heavy atom. The number of hydrogen-bond acceptors (Lipinski definition) is 5. The number of imidazole rings is 1. The van der Waals surface area contributed by atoms with E-state index < -0.39 is 0 Å². The van der Waals surface area contributed by atoms with Crippen LogP contribution in [0.1, 0.15) is 29.1 Å². The van der Waals surface area contributed by atoms with Crippen molar-refractivity contribution in [2.24, 2.45) is 0 Å². The predicted octanol–water partition coefficient (Wildman–Crippen LogP) is 4.62. The van der Waals surface area contributed by atoms with Crippen molar-refractivity contribution in [3.63, 3.8) is 0 Å². The van der Waals surface area contributed by atoms with Crippen LogP contribution in [0.25, 0.3) is 11.0 Å². The van der Waals surface area contributed by atoms with Crippen LogP contribution in [0.2, 0.25) is 0 Å². The molecule has 1 aromatic heterocycles. The lowest BCUT2D eigenvalue weighted by atomic mass is 10.2. The van der Waals surface area contributed by atoms with Gasteiger partial charge in [0.15, 0.2) is 11.5 Å². The third kappa shape index (κ3) is 4.92. The van der Waals surface area contributed by atoms with Gasteiger partial charge in [0.25, 0.3) is 5.91 Å². The zero-order chi connectivity index (χ0) is 23.2. The maximum atomic E-state index is 12.9. The Balaban J connectivity index is 1.54. The molecule has 0 aliphatic rings. The number of methoxy groups -OCH3 is 2. The zero-order valence-corrected chi connectivity index (χ0v) is 18.9. The lowest BCUT2D eigenvalue weighted by molar-refractivity contribution is 0.0937. The van der Waals surface area contributed by atoms with Crippen LogP contribution in [-0.4, -0.2) is 36.3 Å². The van der Waals surface area contributed by atoms with E-state index in [0.29, 0.717) is 36.0 Å². The van der Waals surface area contributed by atoms with Crippen molar-refractivity contribution >= 4 is 16.9 Å². The topological polar surface area (TPSA) is 74.6 Å². The highest BCUT2D eigenvalue weighted by Crippen LogP contribution is 2.26. The summed E-state index contributed by atoms with van der Waals surface area (Å²) in [7, 11) is 3.20. The molecule has 4 rings (SSSR count). The number of para-hydroxylation sites is 4. The highest BCUT2D eigenvalue weighted by atomic mass is 16.5. The molecule has 0 saturated carbocycles. The summed E-state index contributed by atoms with van der Waals surface area (Å²) >= 11 is 0. The first-order chi connectivity index (χ1) is 16.1. The van der Waals surface area contributed by atoms with Gasteiger partial charge in [-0.2, -0.15) is 0 Å². The van der Waals surface area contributed by atoms with E-state index in [2.05, 4.69) is 9.88 Å². The molecule has 33 heavy (non-hydrogen) atoms. The van der Waals surface area contributed by atoms with Crippen molar-refractivity contribution < 1.29 is 19.0 Å². The Hall–Kier alpha value is -4.00. The van der Waals surface area contributed by atoms with Gasteiger partial charge in [-0.05, 0) is 49.4 Å². The number of aromatic nitrogens is 2. The summed E-state index contributed by atoms with van der Waals surface area (Å²) in [5.41, 5.74) is 2.38. The van der Waals surface area contributed by atoms with Gasteiger partial charge < -0.3 is 24.1 Å². The standard InChI is InChI=1S/C26H27N3O4/c1-18(27-26(30)19-9-8-10-20(17-19)31-2)25-28-21-11-4-5-12-22(21)29(25)15-16-33-24-14-7-6-13-23(24)32-3/h4-14,17-18H,15-16H2,1-3H3,(H,27,30). The van der Waals surface area contributed by atoms with E-state index in [9.17, 15) is 4.79 Å². The fourth-order valence-corrected chi connectivity index (χ4v) is 3.75. The fourth-order valence-electron chi connectivity index (χ4n) is 3.75. The van der Waals surface area contributed by atoms with Crippen molar-refractivity contribution in [2.75, 3.05) is 20.8 Å². The average Bonchev–Trinajstić information content (AvgIpc) is 3.23. The van der Waals surface area contributed by atoms with Gasteiger partial charge in [0, 0.05) is 5.56 Å². The molecule has 0 saturated heterocycles. The second kappa shape index (κ2) is 10.1. The number of nitrogens with one attached hydrogen (secondary N) is 1. The second-order valence-electron chi connectivity index (χ2n) is 7.54. The van der Waals surface area contributed by atoms with E-state index in [0.717, 1.165) is 16.9 Å². The first-order valence-electron chi connectivity index (χ1n) is 10.8. The molecule has 170 valence electrons. The Kier molecular flexibility index (Phi) is 6.78. The number of ether oxygens (including phenoxy) is 3. The van der Waals surface area contributed by atoms with Crippen molar-refractivity contribution in [1.29, 1.82) is 0 Å². The van der Waals surface area contributed by atoms with Crippen LogP contribution in [0.4, 0.5) is 0 Å². The van der Waals surface area contributed by atoms with Crippen LogP contribution in [0.15, 0.2) is 72.8 Å². The molecular weight excluding hydrogens is 418 g/mol. The number of carbonyl (C=O) groups excluding carboxylic acids is 1. The third-order valence-corrected chi connectivity index (χ3v) is 5.39. The third-order valence-electron chi connectivity index (χ3n) is 5.39. The van der Waals surface area contributed by atoms with Crippen molar-refractivity contribution in [3.05, 3.63) is 84.2 Å². The summed E-state index contributed by atoms with van der Waals surface area (Å²) in [6.07, 6.45) is 0. The molecule has 1 N–H and O–H groups in total. The van der Waals surface area contributed by atoms with Crippen LogP contribution in [0.3, 0.4) is 0 Å². The number of amides is 1. The molecule has 0 aliphatic carbocycles. The summed E-state index contributed by atoms with van der Waals surface area (Å²) < 4.78 is 18.7. The van der Waals surface area contributed by atoms with Gasteiger partial charge in [-0.15, -0.1) is 0 Å². The normalized spacial score (nSPS) is 11.7. The Morgan fingerprint density at radius 2 is 1.73 bits per heavy atom. The number of carbonyl (C=O) groups is 1. The van der Waals surface area contributed by atoms with Crippen molar-refractivity contribution in [1.82, 2.24) is 14.9 Å². The molecule has 0 bridgehead atoms. The SMILES string of the molecule is COc1cccc(C(=O)NC(C)c2nc3ccccc3n2CCOc2ccccc2OC)c1. The highest BCUT2D eigenvalue weighted by molar-refractivity contribution is 5.94. The molecule has 1 amide bonds. The minimum absolute atomic E-state index is 0.190. The van der Waals surface area contributed by atoms with Crippen molar-refractivity contribution in [3.8, 4) is 17.2 Å². The quantitative estimate of drug-likeness (QED) is 0.407. The highest BCUT2D eigenvalue weighted by Gasteiger charge is 2.19. The molecule has 0 spiro atoms. The smallest absolute Gasteiger partial charge is 0.251 e. The molecule has 4 aromatic rings. The monoisotopic (exact) mass is 445 g/mol. The maximum absolute atomic E-state index is 12.9. The van der Waals surface area contributed by atoms with Crippen LogP contribution in [-0.2, 0) is 6.54 Å². The lowest BCUT2D eigenvalue weighted by Crippen LogP contribution is -2.29. The van der Waals surface area contributed by atoms with E-state index in [4.69, 9.17) is 19.2 Å². The molecule has 0 fully saturated rings. The lowest BCUT2D eigenvalue weighted by Gasteiger charge is -2.17. The van der Waals surface area contributed by atoms with Crippen molar-refractivity contribution in [2.45, 2.75) is 19.5 Å². The molecule has 0 radical (unpaired) electrons. The van der Waals surface area contributed by atoms with E-state index in [-0.39, 0.29) is 11.9 Å². The number of hydrogen-bond donors (Lipinski definition) is 1. The first kappa shape index (κ1) is 22.2. The average molecular weight is 446 g/mol. The minimum Gasteiger partial charge on any atom is -0.497 e. The molecular formula is C26H27N3O4. The summed E-state index contributed by atoms with van der Waals surface area (Å²) in [6, 6.07) is 22.2. The van der Waals surface area contributed by atoms with Gasteiger partial charge >= 0.3 is 0 Å². The summed E-state index contributed by atoms with van der Waals surface area (Å²) in [5, 5.41) is 3.05. The van der Waals surface area contributed by atoms with Gasteiger partial charge in [-0.25, -0.2) is 4.98 Å². The minimum atomic E-state index is -0.317. The first-order valence-corrected chi connectivity index (χ1v) is 10.8. The second-order valence-corrected chi connectivity index (χ2v) is 7.54. The summed E-state index contributed by atoms with van der Waals surface area (Å²) in [4.78, 5) is 17.6. The summed E-state index contributed by atoms with van der Waals surface area (Å²) in [5.74, 6) is 2.58. The molecule has 7 nitrogen and oxygen atoms in total. The molecule has 1 atom stereocenters. The number of benzene rings is 3. The van der Waals surface area contributed by atoms with Gasteiger partial charge in [-0.3, -0.25) is 4.79 Å². The van der Waals surface area contributed by atoms with Gasteiger partial charge in [0.1, 0.15) is 18.2 Å². The molecule has 1 heterocycles. The van der Waals surface area contributed by atoms with E-state index >= 15 is 0 Å². The largest absolute Gasteiger partial charge is 0.497 e.